The molecule has 0 aliphatic carbocycles. The molecule has 0 aliphatic rings. The van der Waals surface area contributed by atoms with E-state index in [9.17, 15) is 9.90 Å². The monoisotopic (exact) mass is 263 g/mol. The van der Waals surface area contributed by atoms with Crippen LogP contribution in [0.4, 0.5) is 10.6 Å². The van der Waals surface area contributed by atoms with Crippen molar-refractivity contribution in [2.45, 2.75) is 6.10 Å². The average molecular weight is 263 g/mol. The van der Waals surface area contributed by atoms with E-state index in [0.717, 1.165) is 5.56 Å². The van der Waals surface area contributed by atoms with E-state index in [4.69, 9.17) is 0 Å². The van der Waals surface area contributed by atoms with Crippen LogP contribution in [0.2, 0.25) is 0 Å². The number of aliphatic hydroxyl groups excluding tert-OH is 1. The van der Waals surface area contributed by atoms with E-state index in [-0.39, 0.29) is 12.6 Å². The molecule has 2 heterocycles. The smallest absolute Gasteiger partial charge is 0.320 e. The van der Waals surface area contributed by atoms with Crippen molar-refractivity contribution in [3.8, 4) is 0 Å². The molecule has 0 fully saturated rings. The van der Waals surface area contributed by atoms with E-state index in [1.807, 2.05) is 16.8 Å². The van der Waals surface area contributed by atoms with Crippen molar-refractivity contribution in [1.82, 2.24) is 10.3 Å². The van der Waals surface area contributed by atoms with Crippen molar-refractivity contribution >= 4 is 23.2 Å². The highest BCUT2D eigenvalue weighted by Crippen LogP contribution is 2.14. The van der Waals surface area contributed by atoms with Crippen molar-refractivity contribution in [2.75, 3.05) is 11.9 Å². The van der Waals surface area contributed by atoms with Gasteiger partial charge < -0.3 is 10.4 Å². The molecule has 5 nitrogen and oxygen atoms in total. The third kappa shape index (κ3) is 3.54. The van der Waals surface area contributed by atoms with Crippen molar-refractivity contribution in [2.24, 2.45) is 0 Å². The van der Waals surface area contributed by atoms with Gasteiger partial charge in [-0.2, -0.15) is 11.3 Å². The molecule has 18 heavy (non-hydrogen) atoms. The molecule has 0 aromatic carbocycles. The Kier molecular flexibility index (Phi) is 4.27. The topological polar surface area (TPSA) is 74.2 Å². The molecule has 0 saturated carbocycles. The fourth-order valence-electron chi connectivity index (χ4n) is 1.37. The molecule has 0 spiro atoms. The maximum atomic E-state index is 11.5. The number of carbonyl (C=O) groups is 1. The second kappa shape index (κ2) is 6.13. The minimum Gasteiger partial charge on any atom is -0.387 e. The van der Waals surface area contributed by atoms with Gasteiger partial charge in [-0.25, -0.2) is 9.78 Å². The molecule has 0 bridgehead atoms. The molecule has 1 atom stereocenters. The summed E-state index contributed by atoms with van der Waals surface area (Å²) in [4.78, 5) is 15.5. The second-order valence-corrected chi connectivity index (χ2v) is 4.40. The number of anilines is 1. The minimum atomic E-state index is -0.689. The van der Waals surface area contributed by atoms with Crippen molar-refractivity contribution in [3.63, 3.8) is 0 Å². The van der Waals surface area contributed by atoms with Crippen LogP contribution in [-0.4, -0.2) is 22.7 Å². The Morgan fingerprint density at radius 1 is 1.44 bits per heavy atom. The molecule has 94 valence electrons. The maximum absolute atomic E-state index is 11.5. The van der Waals surface area contributed by atoms with Crippen molar-refractivity contribution in [1.29, 1.82) is 0 Å². The van der Waals surface area contributed by atoms with Crippen LogP contribution < -0.4 is 10.6 Å². The Balaban J connectivity index is 1.79. The third-order valence-electron chi connectivity index (χ3n) is 2.29. The largest absolute Gasteiger partial charge is 0.387 e. The standard InChI is InChI=1S/C12H13N3O2S/c16-10(9-4-6-18-8-9)7-14-12(17)15-11-3-1-2-5-13-11/h1-6,8,10,16H,7H2,(H2,13,14,15,17). The van der Waals surface area contributed by atoms with Gasteiger partial charge in [-0.15, -0.1) is 0 Å². The highest BCUT2D eigenvalue weighted by atomic mass is 32.1. The summed E-state index contributed by atoms with van der Waals surface area (Å²) in [6.45, 7) is 0.162. The zero-order valence-electron chi connectivity index (χ0n) is 9.54. The summed E-state index contributed by atoms with van der Waals surface area (Å²) in [6.07, 6.45) is 0.904. The number of rotatable bonds is 4. The fraction of sp³-hybridized carbons (Fsp3) is 0.167. The van der Waals surface area contributed by atoms with Crippen molar-refractivity contribution in [3.05, 3.63) is 46.8 Å². The van der Waals surface area contributed by atoms with Gasteiger partial charge in [-0.1, -0.05) is 6.07 Å². The van der Waals surface area contributed by atoms with E-state index in [1.54, 1.807) is 24.4 Å². The molecule has 2 amide bonds. The van der Waals surface area contributed by atoms with Crippen LogP contribution in [0.25, 0.3) is 0 Å². The Morgan fingerprint density at radius 3 is 3.00 bits per heavy atom. The first kappa shape index (κ1) is 12.5. The van der Waals surface area contributed by atoms with Crippen LogP contribution >= 0.6 is 11.3 Å². The van der Waals surface area contributed by atoms with E-state index >= 15 is 0 Å². The number of aromatic nitrogens is 1. The Morgan fingerprint density at radius 2 is 2.33 bits per heavy atom. The molecule has 0 aliphatic heterocycles. The zero-order valence-corrected chi connectivity index (χ0v) is 10.4. The number of nitrogens with one attached hydrogen (secondary N) is 2. The maximum Gasteiger partial charge on any atom is 0.320 e. The molecule has 1 unspecified atom stereocenters. The molecule has 0 saturated heterocycles. The molecular weight excluding hydrogens is 250 g/mol. The van der Waals surface area contributed by atoms with Gasteiger partial charge in [0.1, 0.15) is 5.82 Å². The number of hydrogen-bond donors (Lipinski definition) is 3. The first-order valence-electron chi connectivity index (χ1n) is 5.42. The van der Waals surface area contributed by atoms with E-state index in [1.165, 1.54) is 11.3 Å². The summed E-state index contributed by atoms with van der Waals surface area (Å²) in [5.74, 6) is 0.472. The van der Waals surface area contributed by atoms with E-state index in [2.05, 4.69) is 15.6 Å². The molecule has 6 heteroatoms. The molecule has 2 aromatic heterocycles. The van der Waals surface area contributed by atoms with Gasteiger partial charge >= 0.3 is 6.03 Å². The Labute approximate surface area is 108 Å². The summed E-state index contributed by atoms with van der Waals surface area (Å²) >= 11 is 1.51. The van der Waals surface area contributed by atoms with Gasteiger partial charge in [0.05, 0.1) is 6.10 Å². The van der Waals surface area contributed by atoms with Gasteiger partial charge in [-0.3, -0.25) is 5.32 Å². The average Bonchev–Trinajstić information content (AvgIpc) is 2.91. The van der Waals surface area contributed by atoms with Crippen LogP contribution in [0.15, 0.2) is 41.2 Å². The van der Waals surface area contributed by atoms with Crippen LogP contribution in [0.1, 0.15) is 11.7 Å². The summed E-state index contributed by atoms with van der Waals surface area (Å²) in [6, 6.07) is 6.68. The minimum absolute atomic E-state index is 0.162. The predicted molar refractivity (Wildman–Crippen MR) is 70.5 cm³/mol. The summed E-state index contributed by atoms with van der Waals surface area (Å²) < 4.78 is 0. The number of hydrogen-bond acceptors (Lipinski definition) is 4. The first-order chi connectivity index (χ1) is 8.75. The van der Waals surface area contributed by atoms with Crippen molar-refractivity contribution < 1.29 is 9.90 Å². The van der Waals surface area contributed by atoms with Gasteiger partial charge in [-0.05, 0) is 34.5 Å². The molecular formula is C12H13N3O2S. The highest BCUT2D eigenvalue weighted by Gasteiger charge is 2.09. The SMILES string of the molecule is O=C(NCC(O)c1ccsc1)Nc1ccccn1. The van der Waals surface area contributed by atoms with Crippen LogP contribution in [0, 0.1) is 0 Å². The van der Waals surface area contributed by atoms with E-state index in [0.29, 0.717) is 5.82 Å². The number of urea groups is 1. The first-order valence-corrected chi connectivity index (χ1v) is 6.36. The van der Waals surface area contributed by atoms with Crippen LogP contribution in [0.5, 0.6) is 0 Å². The molecule has 3 N–H and O–H groups in total. The number of aliphatic hydroxyl groups is 1. The zero-order chi connectivity index (χ0) is 12.8. The van der Waals surface area contributed by atoms with Crippen LogP contribution in [-0.2, 0) is 0 Å². The lowest BCUT2D eigenvalue weighted by atomic mass is 10.2. The molecule has 2 aromatic rings. The van der Waals surface area contributed by atoms with Gasteiger partial charge in [0.2, 0.25) is 0 Å². The lowest BCUT2D eigenvalue weighted by Crippen LogP contribution is -2.32. The number of carbonyl (C=O) groups excluding carboxylic acids is 1. The highest BCUT2D eigenvalue weighted by molar-refractivity contribution is 7.07. The molecule has 2 rings (SSSR count). The van der Waals surface area contributed by atoms with E-state index < -0.39 is 6.10 Å². The third-order valence-corrected chi connectivity index (χ3v) is 2.99. The lowest BCUT2D eigenvalue weighted by molar-refractivity contribution is 0.175. The fourth-order valence-corrected chi connectivity index (χ4v) is 2.08. The van der Waals surface area contributed by atoms with Gasteiger partial charge in [0, 0.05) is 12.7 Å². The Bertz CT molecular complexity index is 487. The normalized spacial score (nSPS) is 11.8. The number of pyridine rings is 1. The summed E-state index contributed by atoms with van der Waals surface area (Å²) in [5.41, 5.74) is 0.804. The predicted octanol–water partition coefficient (Wildman–Crippen LogP) is 2.00. The van der Waals surface area contributed by atoms with Gasteiger partial charge in [0.25, 0.3) is 0 Å². The lowest BCUT2D eigenvalue weighted by Gasteiger charge is -2.11. The number of thiophene rings is 1. The number of amides is 2. The van der Waals surface area contributed by atoms with Crippen LogP contribution in [0.3, 0.4) is 0 Å². The Hall–Kier alpha value is -1.92. The molecule has 0 radical (unpaired) electrons. The van der Waals surface area contributed by atoms with Gasteiger partial charge in [0.15, 0.2) is 0 Å². The number of nitrogens with zero attached hydrogens (tertiary/aromatic N) is 1. The second-order valence-electron chi connectivity index (χ2n) is 3.62. The summed E-state index contributed by atoms with van der Waals surface area (Å²) in [5, 5.41) is 18.7. The summed E-state index contributed by atoms with van der Waals surface area (Å²) in [7, 11) is 0. The quantitative estimate of drug-likeness (QED) is 0.789.